The van der Waals surface area contributed by atoms with Crippen LogP contribution >= 0.6 is 11.6 Å². The molecule has 6 heteroatoms. The highest BCUT2D eigenvalue weighted by Gasteiger charge is 2.28. The monoisotopic (exact) mass is 225 g/mol. The third kappa shape index (κ3) is 1.97. The summed E-state index contributed by atoms with van der Waals surface area (Å²) in [5.74, 6) is -0.557. The van der Waals surface area contributed by atoms with Crippen LogP contribution in [0.15, 0.2) is 12.1 Å². The summed E-state index contributed by atoms with van der Waals surface area (Å²) in [6.45, 7) is 0.460. The molecule has 0 saturated carbocycles. The molecule has 0 aromatic carbocycles. The summed E-state index contributed by atoms with van der Waals surface area (Å²) >= 11 is 5.54. The van der Waals surface area contributed by atoms with Crippen LogP contribution in [0.3, 0.4) is 0 Å². The second-order valence-electron chi connectivity index (χ2n) is 3.20. The van der Waals surface area contributed by atoms with E-state index in [0.29, 0.717) is 19.4 Å². The lowest BCUT2D eigenvalue weighted by Crippen LogP contribution is -2.32. The van der Waals surface area contributed by atoms with Gasteiger partial charge in [0.25, 0.3) is 5.91 Å². The number of hydrogen-bond acceptors (Lipinski definition) is 4. The van der Waals surface area contributed by atoms with Crippen molar-refractivity contribution in [3.63, 3.8) is 0 Å². The van der Waals surface area contributed by atoms with Crippen LogP contribution in [-0.2, 0) is 4.79 Å². The van der Waals surface area contributed by atoms with Gasteiger partial charge in [0, 0.05) is 13.0 Å². The fourth-order valence-electron chi connectivity index (χ4n) is 1.43. The van der Waals surface area contributed by atoms with E-state index in [-0.39, 0.29) is 16.8 Å². The van der Waals surface area contributed by atoms with Crippen molar-refractivity contribution in [2.24, 2.45) is 0 Å². The van der Waals surface area contributed by atoms with Gasteiger partial charge in [-0.3, -0.25) is 14.5 Å². The number of hydrogen-bond donors (Lipinski definition) is 0. The fourth-order valence-corrected chi connectivity index (χ4v) is 1.53. The van der Waals surface area contributed by atoms with E-state index in [9.17, 15) is 9.59 Å². The van der Waals surface area contributed by atoms with Gasteiger partial charge in [-0.1, -0.05) is 11.6 Å². The van der Waals surface area contributed by atoms with Gasteiger partial charge in [-0.05, 0) is 18.6 Å². The molecule has 0 radical (unpaired) electrons. The molecule has 78 valence electrons. The molecule has 0 atom stereocenters. The number of likely N-dealkylation sites (tertiary alicyclic amines) is 1. The largest absolute Gasteiger partial charge is 0.280 e. The molecule has 15 heavy (non-hydrogen) atoms. The van der Waals surface area contributed by atoms with Crippen molar-refractivity contribution in [3.8, 4) is 0 Å². The van der Waals surface area contributed by atoms with Crippen molar-refractivity contribution in [2.75, 3.05) is 6.54 Å². The summed E-state index contributed by atoms with van der Waals surface area (Å²) < 4.78 is 0. The summed E-state index contributed by atoms with van der Waals surface area (Å²) in [5.41, 5.74) is 0.148. The van der Waals surface area contributed by atoms with Crippen molar-refractivity contribution in [1.29, 1.82) is 0 Å². The molecule has 1 fully saturated rings. The minimum atomic E-state index is -0.401. The molecule has 0 N–H and O–H groups in total. The third-order valence-electron chi connectivity index (χ3n) is 2.17. The number of rotatable bonds is 1. The molecule has 0 bridgehead atoms. The van der Waals surface area contributed by atoms with Crippen molar-refractivity contribution in [3.05, 3.63) is 23.0 Å². The molecule has 2 rings (SSSR count). The quantitative estimate of drug-likeness (QED) is 0.666. The van der Waals surface area contributed by atoms with E-state index in [0.717, 1.165) is 0 Å². The Bertz CT molecular complexity index is 404. The van der Waals surface area contributed by atoms with Crippen LogP contribution in [0, 0.1) is 0 Å². The van der Waals surface area contributed by atoms with Crippen LogP contribution in [0.25, 0.3) is 0 Å². The molecule has 1 aromatic rings. The summed E-state index contributed by atoms with van der Waals surface area (Å²) in [6, 6.07) is 2.94. The molecular formula is C9H8ClN3O2. The average Bonchev–Trinajstić information content (AvgIpc) is 2.65. The first-order valence-electron chi connectivity index (χ1n) is 4.52. The van der Waals surface area contributed by atoms with Gasteiger partial charge in [-0.25, -0.2) is 0 Å². The number of imide groups is 1. The van der Waals surface area contributed by atoms with Crippen LogP contribution in [0.4, 0.5) is 0 Å². The minimum Gasteiger partial charge on any atom is -0.277 e. The Labute approximate surface area is 91.0 Å². The van der Waals surface area contributed by atoms with Gasteiger partial charge in [0.2, 0.25) is 5.91 Å². The average molecular weight is 226 g/mol. The lowest BCUT2D eigenvalue weighted by molar-refractivity contribution is -0.125. The minimum absolute atomic E-state index is 0.148. The Morgan fingerprint density at radius 1 is 1.40 bits per heavy atom. The lowest BCUT2D eigenvalue weighted by atomic mass is 10.3. The Morgan fingerprint density at radius 2 is 2.20 bits per heavy atom. The molecular weight excluding hydrogens is 218 g/mol. The van der Waals surface area contributed by atoms with E-state index in [4.69, 9.17) is 11.6 Å². The number of halogens is 1. The highest BCUT2D eigenvalue weighted by molar-refractivity contribution is 6.29. The zero-order valence-electron chi connectivity index (χ0n) is 7.81. The number of aromatic nitrogens is 2. The standard InChI is InChI=1S/C9H8ClN3O2/c10-7-4-3-6(11-12-7)9(15)13-5-1-2-8(13)14/h3-4H,1-2,5H2. The van der Waals surface area contributed by atoms with Crippen molar-refractivity contribution in [1.82, 2.24) is 15.1 Å². The molecule has 2 amide bonds. The Kier molecular flexibility index (Phi) is 2.64. The van der Waals surface area contributed by atoms with E-state index in [1.54, 1.807) is 0 Å². The van der Waals surface area contributed by atoms with Gasteiger partial charge < -0.3 is 0 Å². The molecule has 0 spiro atoms. The van der Waals surface area contributed by atoms with Gasteiger partial charge in [0.1, 0.15) is 0 Å². The van der Waals surface area contributed by atoms with E-state index in [1.807, 2.05) is 0 Å². The predicted octanol–water partition coefficient (Wildman–Crippen LogP) is 0.893. The maximum absolute atomic E-state index is 11.7. The second-order valence-corrected chi connectivity index (χ2v) is 3.58. The molecule has 1 aliphatic heterocycles. The highest BCUT2D eigenvalue weighted by Crippen LogP contribution is 2.13. The fraction of sp³-hybridized carbons (Fsp3) is 0.333. The summed E-state index contributed by atoms with van der Waals surface area (Å²) in [7, 11) is 0. The number of carbonyl (C=O) groups excluding carboxylic acids is 2. The van der Waals surface area contributed by atoms with Gasteiger partial charge in [0.05, 0.1) is 0 Å². The smallest absolute Gasteiger partial charge is 0.277 e. The van der Waals surface area contributed by atoms with E-state index < -0.39 is 5.91 Å². The Hall–Kier alpha value is -1.49. The maximum Gasteiger partial charge on any atom is 0.280 e. The molecule has 1 aromatic heterocycles. The number of carbonyl (C=O) groups is 2. The SMILES string of the molecule is O=C1CCCN1C(=O)c1ccc(Cl)nn1. The van der Waals surface area contributed by atoms with E-state index >= 15 is 0 Å². The molecule has 0 unspecified atom stereocenters. The summed E-state index contributed by atoms with van der Waals surface area (Å²) in [5, 5.41) is 7.41. The van der Waals surface area contributed by atoms with Gasteiger partial charge >= 0.3 is 0 Å². The summed E-state index contributed by atoms with van der Waals surface area (Å²) in [4.78, 5) is 24.2. The van der Waals surface area contributed by atoms with Gasteiger partial charge in [-0.15, -0.1) is 10.2 Å². The van der Waals surface area contributed by atoms with Crippen LogP contribution in [-0.4, -0.2) is 33.5 Å². The molecule has 1 aliphatic rings. The van der Waals surface area contributed by atoms with Gasteiger partial charge in [-0.2, -0.15) is 0 Å². The first kappa shape index (κ1) is 10.0. The van der Waals surface area contributed by atoms with Crippen LogP contribution in [0.5, 0.6) is 0 Å². The Morgan fingerprint density at radius 3 is 2.73 bits per heavy atom. The number of nitrogens with zero attached hydrogens (tertiary/aromatic N) is 3. The van der Waals surface area contributed by atoms with E-state index in [1.165, 1.54) is 17.0 Å². The van der Waals surface area contributed by atoms with Crippen LogP contribution in [0.2, 0.25) is 5.15 Å². The van der Waals surface area contributed by atoms with Gasteiger partial charge in [0.15, 0.2) is 10.8 Å². The zero-order valence-corrected chi connectivity index (χ0v) is 8.57. The van der Waals surface area contributed by atoms with Crippen molar-refractivity contribution >= 4 is 23.4 Å². The first-order chi connectivity index (χ1) is 7.18. The van der Waals surface area contributed by atoms with Crippen LogP contribution < -0.4 is 0 Å². The third-order valence-corrected chi connectivity index (χ3v) is 2.37. The zero-order chi connectivity index (χ0) is 10.8. The lowest BCUT2D eigenvalue weighted by Gasteiger charge is -2.11. The predicted molar refractivity (Wildman–Crippen MR) is 52.3 cm³/mol. The molecule has 2 heterocycles. The first-order valence-corrected chi connectivity index (χ1v) is 4.90. The molecule has 5 nitrogen and oxygen atoms in total. The Balaban J connectivity index is 2.20. The molecule has 1 saturated heterocycles. The van der Waals surface area contributed by atoms with E-state index in [2.05, 4.69) is 10.2 Å². The maximum atomic E-state index is 11.7. The van der Waals surface area contributed by atoms with Crippen LogP contribution in [0.1, 0.15) is 23.3 Å². The normalized spacial score (nSPS) is 15.8. The molecule has 0 aliphatic carbocycles. The number of amides is 2. The van der Waals surface area contributed by atoms with Crippen molar-refractivity contribution in [2.45, 2.75) is 12.8 Å². The summed E-state index contributed by atoms with van der Waals surface area (Å²) in [6.07, 6.45) is 1.14. The second kappa shape index (κ2) is 3.94. The van der Waals surface area contributed by atoms with Crippen molar-refractivity contribution < 1.29 is 9.59 Å². The highest BCUT2D eigenvalue weighted by atomic mass is 35.5. The topological polar surface area (TPSA) is 63.2 Å².